The second-order valence-electron chi connectivity index (χ2n) is 3.53. The number of allylic oxidation sites excluding steroid dienone is 1. The molecular formula is C11H15O4P. The average Bonchev–Trinajstić information content (AvgIpc) is 2.17. The molecule has 1 aromatic carbocycles. The fourth-order valence-electron chi connectivity index (χ4n) is 1.38. The summed E-state index contributed by atoms with van der Waals surface area (Å²) in [6.45, 7) is 3.53. The van der Waals surface area contributed by atoms with Gasteiger partial charge >= 0.3 is 0 Å². The average molecular weight is 242 g/mol. The lowest BCUT2D eigenvalue weighted by Crippen LogP contribution is -2.07. The van der Waals surface area contributed by atoms with Gasteiger partial charge in [-0.2, -0.15) is 0 Å². The molecule has 3 N–H and O–H groups in total. The fraction of sp³-hybridized carbons (Fsp3) is 0.273. The van der Waals surface area contributed by atoms with Gasteiger partial charge in [0, 0.05) is 12.2 Å². The minimum atomic E-state index is -3.54. The lowest BCUT2D eigenvalue weighted by atomic mass is 10.3. The number of phenolic OH excluding ortho intramolecular Hbond substituents is 2. The molecule has 0 radical (unpaired) electrons. The number of aromatic hydroxyl groups is 2. The van der Waals surface area contributed by atoms with E-state index in [0.717, 1.165) is 6.07 Å². The first kappa shape index (κ1) is 12.8. The van der Waals surface area contributed by atoms with Crippen molar-refractivity contribution >= 4 is 12.7 Å². The summed E-state index contributed by atoms with van der Waals surface area (Å²) in [7, 11) is -3.54. The molecule has 5 heteroatoms. The molecule has 88 valence electrons. The van der Waals surface area contributed by atoms with E-state index < -0.39 is 7.37 Å². The van der Waals surface area contributed by atoms with Crippen LogP contribution in [0.15, 0.2) is 30.9 Å². The minimum Gasteiger partial charge on any atom is -0.508 e. The smallest absolute Gasteiger partial charge is 0.233 e. The molecule has 1 unspecified atom stereocenters. The molecule has 0 bridgehead atoms. The van der Waals surface area contributed by atoms with Crippen LogP contribution in [0.5, 0.6) is 11.5 Å². The van der Waals surface area contributed by atoms with E-state index in [1.165, 1.54) is 12.1 Å². The molecule has 1 atom stereocenters. The highest BCUT2D eigenvalue weighted by Crippen LogP contribution is 2.43. The molecule has 4 nitrogen and oxygen atoms in total. The van der Waals surface area contributed by atoms with E-state index in [1.54, 1.807) is 6.08 Å². The van der Waals surface area contributed by atoms with Gasteiger partial charge < -0.3 is 15.1 Å². The van der Waals surface area contributed by atoms with Crippen molar-refractivity contribution < 1.29 is 19.7 Å². The highest BCUT2D eigenvalue weighted by molar-refractivity contribution is 7.66. The third-order valence-electron chi connectivity index (χ3n) is 2.20. The number of phenols is 2. The van der Waals surface area contributed by atoms with Gasteiger partial charge in [0.05, 0.1) is 5.30 Å². The second-order valence-corrected chi connectivity index (χ2v) is 5.86. The Morgan fingerprint density at radius 1 is 1.38 bits per heavy atom. The van der Waals surface area contributed by atoms with E-state index in [4.69, 9.17) is 5.11 Å². The van der Waals surface area contributed by atoms with Gasteiger partial charge in [0.2, 0.25) is 7.37 Å². The normalized spacial score (nSPS) is 14.3. The van der Waals surface area contributed by atoms with Gasteiger partial charge in [-0.3, -0.25) is 4.57 Å². The number of unbranched alkanes of at least 4 members (excludes halogenated alkanes) is 1. The van der Waals surface area contributed by atoms with E-state index in [2.05, 4.69) is 6.58 Å². The molecule has 0 saturated heterocycles. The summed E-state index contributed by atoms with van der Waals surface area (Å²) in [6.07, 6.45) is 2.97. The van der Waals surface area contributed by atoms with Crippen molar-refractivity contribution in [3.8, 4) is 11.5 Å². The fourth-order valence-corrected chi connectivity index (χ4v) is 2.96. The van der Waals surface area contributed by atoms with Gasteiger partial charge in [-0.15, -0.1) is 6.58 Å². The molecule has 1 rings (SSSR count). The van der Waals surface area contributed by atoms with Crippen LogP contribution in [0.4, 0.5) is 0 Å². The quantitative estimate of drug-likeness (QED) is 0.419. The van der Waals surface area contributed by atoms with Crippen LogP contribution in [0, 0.1) is 0 Å². The molecule has 0 spiro atoms. The molecule has 0 heterocycles. The number of rotatable bonds is 5. The van der Waals surface area contributed by atoms with E-state index >= 15 is 0 Å². The monoisotopic (exact) mass is 242 g/mol. The van der Waals surface area contributed by atoms with Crippen LogP contribution < -0.4 is 5.30 Å². The lowest BCUT2D eigenvalue weighted by molar-refractivity contribution is 0.450. The Morgan fingerprint density at radius 3 is 2.62 bits per heavy atom. The second kappa shape index (κ2) is 5.19. The van der Waals surface area contributed by atoms with E-state index in [1.807, 2.05) is 0 Å². The molecule has 1 aromatic rings. The van der Waals surface area contributed by atoms with Crippen molar-refractivity contribution in [2.45, 2.75) is 12.8 Å². The summed E-state index contributed by atoms with van der Waals surface area (Å²) >= 11 is 0. The Labute approximate surface area is 94.3 Å². The lowest BCUT2D eigenvalue weighted by Gasteiger charge is -2.12. The van der Waals surface area contributed by atoms with E-state index in [0.29, 0.717) is 12.8 Å². The van der Waals surface area contributed by atoms with Gasteiger partial charge in [0.1, 0.15) is 11.5 Å². The molecule has 0 saturated carbocycles. The third kappa shape index (κ3) is 3.12. The zero-order valence-corrected chi connectivity index (χ0v) is 9.73. The summed E-state index contributed by atoms with van der Waals surface area (Å²) in [5.41, 5.74) is 0. The summed E-state index contributed by atoms with van der Waals surface area (Å²) in [5, 5.41) is 18.5. The largest absolute Gasteiger partial charge is 0.508 e. The Morgan fingerprint density at radius 2 is 2.06 bits per heavy atom. The van der Waals surface area contributed by atoms with Crippen LogP contribution in [-0.4, -0.2) is 21.3 Å². The molecule has 16 heavy (non-hydrogen) atoms. The van der Waals surface area contributed by atoms with Crippen molar-refractivity contribution in [2.75, 3.05) is 6.16 Å². The molecule has 0 aromatic heterocycles. The van der Waals surface area contributed by atoms with E-state index in [-0.39, 0.29) is 23.0 Å². The standard InChI is InChI=1S/C11H15O4P/c1-2-3-4-7-16(14,15)11-6-5-9(12)8-10(11)13/h2,5-6,8,12-13H,1,3-4,7H2,(H,14,15). The van der Waals surface area contributed by atoms with Crippen molar-refractivity contribution in [2.24, 2.45) is 0 Å². The Hall–Kier alpha value is -1.25. The molecule has 0 aliphatic heterocycles. The van der Waals surface area contributed by atoms with Crippen molar-refractivity contribution in [3.05, 3.63) is 30.9 Å². The predicted octanol–water partition coefficient (Wildman–Crippen LogP) is 1.96. The van der Waals surface area contributed by atoms with Gasteiger partial charge in [0.15, 0.2) is 0 Å². The maximum absolute atomic E-state index is 11.9. The van der Waals surface area contributed by atoms with Gasteiger partial charge in [-0.05, 0) is 25.0 Å². The van der Waals surface area contributed by atoms with Crippen LogP contribution in [0.2, 0.25) is 0 Å². The number of benzene rings is 1. The maximum Gasteiger partial charge on any atom is 0.233 e. The first-order chi connectivity index (χ1) is 7.47. The van der Waals surface area contributed by atoms with Crippen molar-refractivity contribution in [1.82, 2.24) is 0 Å². The predicted molar refractivity (Wildman–Crippen MR) is 63.5 cm³/mol. The first-order valence-corrected chi connectivity index (χ1v) is 6.77. The molecule has 0 amide bonds. The molecule has 0 fully saturated rings. The minimum absolute atomic E-state index is 0.00522. The van der Waals surface area contributed by atoms with Crippen LogP contribution in [0.25, 0.3) is 0 Å². The van der Waals surface area contributed by atoms with Crippen LogP contribution in [-0.2, 0) is 4.57 Å². The maximum atomic E-state index is 11.9. The summed E-state index contributed by atoms with van der Waals surface area (Å²) in [5.74, 6) is -0.475. The van der Waals surface area contributed by atoms with Crippen molar-refractivity contribution in [3.63, 3.8) is 0 Å². The Balaban J connectivity index is 2.89. The topological polar surface area (TPSA) is 77.8 Å². The zero-order valence-electron chi connectivity index (χ0n) is 8.83. The van der Waals surface area contributed by atoms with Crippen LogP contribution in [0.3, 0.4) is 0 Å². The number of hydrogen-bond donors (Lipinski definition) is 3. The van der Waals surface area contributed by atoms with Crippen molar-refractivity contribution in [1.29, 1.82) is 0 Å². The highest BCUT2D eigenvalue weighted by Gasteiger charge is 2.24. The Bertz CT molecular complexity index is 428. The summed E-state index contributed by atoms with van der Waals surface area (Å²) < 4.78 is 11.9. The van der Waals surface area contributed by atoms with Gasteiger partial charge in [-0.1, -0.05) is 6.08 Å². The van der Waals surface area contributed by atoms with Crippen LogP contribution in [0.1, 0.15) is 12.8 Å². The zero-order chi connectivity index (χ0) is 12.2. The molecular weight excluding hydrogens is 227 g/mol. The third-order valence-corrected chi connectivity index (χ3v) is 4.26. The van der Waals surface area contributed by atoms with Gasteiger partial charge in [0.25, 0.3) is 0 Å². The molecule has 0 aliphatic rings. The van der Waals surface area contributed by atoms with Gasteiger partial charge in [-0.25, -0.2) is 0 Å². The Kier molecular flexibility index (Phi) is 4.16. The van der Waals surface area contributed by atoms with Crippen LogP contribution >= 0.6 is 7.37 Å². The highest BCUT2D eigenvalue weighted by atomic mass is 31.2. The summed E-state index contributed by atoms with van der Waals surface area (Å²) in [6, 6.07) is 3.62. The first-order valence-electron chi connectivity index (χ1n) is 4.92. The molecule has 0 aliphatic carbocycles. The van der Waals surface area contributed by atoms with E-state index in [9.17, 15) is 14.6 Å². The number of hydrogen-bond acceptors (Lipinski definition) is 3. The summed E-state index contributed by atoms with van der Waals surface area (Å²) in [4.78, 5) is 9.76. The SMILES string of the molecule is C=CCCCP(=O)(O)c1ccc(O)cc1O.